The molecule has 0 amide bonds. The van der Waals surface area contributed by atoms with E-state index < -0.39 is 0 Å². The van der Waals surface area contributed by atoms with Gasteiger partial charge in [-0.3, -0.25) is 4.68 Å². The van der Waals surface area contributed by atoms with E-state index in [9.17, 15) is 0 Å². The highest BCUT2D eigenvalue weighted by molar-refractivity contribution is 5.91. The topological polar surface area (TPSA) is 55.9 Å². The summed E-state index contributed by atoms with van der Waals surface area (Å²) in [6.07, 6.45) is 0.907. The smallest absolute Gasteiger partial charge is 0.0704 e. The molecule has 0 saturated carbocycles. The van der Waals surface area contributed by atoms with Gasteiger partial charge in [0.2, 0.25) is 0 Å². The first-order chi connectivity index (χ1) is 10.6. The van der Waals surface area contributed by atoms with Gasteiger partial charge in [-0.15, -0.1) is 0 Å². The molecule has 22 heavy (non-hydrogen) atoms. The second-order valence-electron chi connectivity index (χ2n) is 5.66. The minimum absolute atomic E-state index is 0.194. The van der Waals surface area contributed by atoms with Crippen LogP contribution < -0.4 is 11.1 Å². The van der Waals surface area contributed by atoms with Gasteiger partial charge in [-0.05, 0) is 31.0 Å². The molecule has 0 spiro atoms. The first-order valence-corrected chi connectivity index (χ1v) is 7.66. The van der Waals surface area contributed by atoms with Crippen molar-refractivity contribution in [2.75, 3.05) is 11.1 Å². The molecule has 0 radical (unpaired) electrons. The summed E-state index contributed by atoms with van der Waals surface area (Å²) >= 11 is 0. The lowest BCUT2D eigenvalue weighted by molar-refractivity contribution is 0.770. The molecular formula is C18H22N4. The number of nitrogen functional groups attached to an aromatic ring is 1. The normalized spacial score (nSPS) is 12.5. The van der Waals surface area contributed by atoms with Gasteiger partial charge in [0, 0.05) is 18.5 Å². The van der Waals surface area contributed by atoms with Crippen LogP contribution in [0.15, 0.2) is 42.5 Å². The van der Waals surface area contributed by atoms with Crippen molar-refractivity contribution < 1.29 is 0 Å². The third-order valence-corrected chi connectivity index (χ3v) is 4.10. The van der Waals surface area contributed by atoms with Gasteiger partial charge in [-0.25, -0.2) is 0 Å². The number of aryl methyl sites for hydroxylation is 2. The Morgan fingerprint density at radius 3 is 2.64 bits per heavy atom. The first-order valence-electron chi connectivity index (χ1n) is 7.66. The van der Waals surface area contributed by atoms with Crippen LogP contribution in [0.25, 0.3) is 10.9 Å². The minimum Gasteiger partial charge on any atom is -0.397 e. The molecule has 0 fully saturated rings. The van der Waals surface area contributed by atoms with Gasteiger partial charge in [0.1, 0.15) is 0 Å². The van der Waals surface area contributed by atoms with Crippen molar-refractivity contribution in [3.8, 4) is 0 Å². The van der Waals surface area contributed by atoms with Gasteiger partial charge in [0.15, 0.2) is 0 Å². The van der Waals surface area contributed by atoms with Crippen molar-refractivity contribution in [2.45, 2.75) is 26.3 Å². The summed E-state index contributed by atoms with van der Waals surface area (Å²) in [6.45, 7) is 4.25. The Morgan fingerprint density at radius 1 is 1.23 bits per heavy atom. The van der Waals surface area contributed by atoms with Crippen LogP contribution in [-0.2, 0) is 13.5 Å². The van der Waals surface area contributed by atoms with Crippen LogP contribution >= 0.6 is 0 Å². The Bertz CT molecular complexity index is 790. The van der Waals surface area contributed by atoms with Crippen molar-refractivity contribution >= 4 is 22.3 Å². The van der Waals surface area contributed by atoms with E-state index in [0.29, 0.717) is 0 Å². The predicted molar refractivity (Wildman–Crippen MR) is 93.0 cm³/mol. The van der Waals surface area contributed by atoms with Gasteiger partial charge < -0.3 is 11.1 Å². The van der Waals surface area contributed by atoms with Gasteiger partial charge in [-0.2, -0.15) is 5.10 Å². The number of rotatable bonds is 4. The SMILES string of the molecule is CCc1nn(C)c2cc(NC(C)c3ccccc3)c(N)cc12. The molecule has 1 heterocycles. The molecule has 4 nitrogen and oxygen atoms in total. The standard InChI is InChI=1S/C18H22N4/c1-4-16-14-10-15(19)17(11-18(14)22(3)21-16)20-12(2)13-8-6-5-7-9-13/h5-12,20H,4,19H2,1-3H3. The Labute approximate surface area is 130 Å². The highest BCUT2D eigenvalue weighted by Gasteiger charge is 2.12. The molecule has 114 valence electrons. The third-order valence-electron chi connectivity index (χ3n) is 4.10. The lowest BCUT2D eigenvalue weighted by Gasteiger charge is -2.17. The van der Waals surface area contributed by atoms with Gasteiger partial charge in [-0.1, -0.05) is 37.3 Å². The summed E-state index contributed by atoms with van der Waals surface area (Å²) in [5, 5.41) is 9.21. The van der Waals surface area contributed by atoms with Crippen LogP contribution in [0.2, 0.25) is 0 Å². The zero-order chi connectivity index (χ0) is 15.7. The monoisotopic (exact) mass is 294 g/mol. The van der Waals surface area contributed by atoms with Crippen molar-refractivity contribution in [1.82, 2.24) is 9.78 Å². The molecule has 0 aliphatic heterocycles. The third kappa shape index (κ3) is 2.52. The van der Waals surface area contributed by atoms with E-state index in [0.717, 1.165) is 34.4 Å². The van der Waals surface area contributed by atoms with Crippen LogP contribution in [0.4, 0.5) is 11.4 Å². The Kier molecular flexibility index (Phi) is 3.75. The van der Waals surface area contributed by atoms with Crippen LogP contribution in [-0.4, -0.2) is 9.78 Å². The van der Waals surface area contributed by atoms with Crippen molar-refractivity contribution in [2.24, 2.45) is 7.05 Å². The molecule has 0 bridgehead atoms. The quantitative estimate of drug-likeness (QED) is 0.718. The van der Waals surface area contributed by atoms with Gasteiger partial charge in [0.25, 0.3) is 0 Å². The number of aromatic nitrogens is 2. The fourth-order valence-electron chi connectivity index (χ4n) is 2.84. The van der Waals surface area contributed by atoms with Crippen LogP contribution in [0.3, 0.4) is 0 Å². The summed E-state index contributed by atoms with van der Waals surface area (Å²) in [5.41, 5.74) is 11.4. The number of hydrogen-bond acceptors (Lipinski definition) is 3. The van der Waals surface area contributed by atoms with E-state index in [1.54, 1.807) is 0 Å². The largest absolute Gasteiger partial charge is 0.397 e. The Hall–Kier alpha value is -2.49. The molecular weight excluding hydrogens is 272 g/mol. The number of nitrogens with two attached hydrogens (primary N) is 1. The summed E-state index contributed by atoms with van der Waals surface area (Å²) in [5.74, 6) is 0. The fourth-order valence-corrected chi connectivity index (χ4v) is 2.84. The molecule has 1 aromatic heterocycles. The maximum absolute atomic E-state index is 6.25. The van der Waals surface area contributed by atoms with E-state index in [2.05, 4.69) is 54.6 Å². The molecule has 0 aliphatic rings. The van der Waals surface area contributed by atoms with Crippen molar-refractivity contribution in [1.29, 1.82) is 0 Å². The predicted octanol–water partition coefficient (Wildman–Crippen LogP) is 3.89. The average molecular weight is 294 g/mol. The zero-order valence-electron chi connectivity index (χ0n) is 13.3. The summed E-state index contributed by atoms with van der Waals surface area (Å²) in [4.78, 5) is 0. The minimum atomic E-state index is 0.194. The molecule has 1 atom stereocenters. The average Bonchev–Trinajstić information content (AvgIpc) is 2.84. The number of nitrogens with zero attached hydrogens (tertiary/aromatic N) is 2. The maximum Gasteiger partial charge on any atom is 0.0704 e. The van der Waals surface area contributed by atoms with Gasteiger partial charge in [0.05, 0.1) is 22.6 Å². The number of benzene rings is 2. The summed E-state index contributed by atoms with van der Waals surface area (Å²) in [7, 11) is 1.97. The van der Waals surface area contributed by atoms with E-state index in [4.69, 9.17) is 5.73 Å². The molecule has 3 N–H and O–H groups in total. The summed E-state index contributed by atoms with van der Waals surface area (Å²) < 4.78 is 1.92. The van der Waals surface area contributed by atoms with E-state index in [1.807, 2.05) is 23.9 Å². The van der Waals surface area contributed by atoms with E-state index in [-0.39, 0.29) is 6.04 Å². The van der Waals surface area contributed by atoms with Gasteiger partial charge >= 0.3 is 0 Å². The Morgan fingerprint density at radius 2 is 1.95 bits per heavy atom. The van der Waals surface area contributed by atoms with Crippen LogP contribution in [0.1, 0.15) is 31.1 Å². The molecule has 3 aromatic rings. The lowest BCUT2D eigenvalue weighted by atomic mass is 10.1. The number of fused-ring (bicyclic) bond motifs is 1. The number of anilines is 2. The molecule has 4 heteroatoms. The molecule has 1 unspecified atom stereocenters. The molecule has 0 saturated heterocycles. The van der Waals surface area contributed by atoms with Crippen LogP contribution in [0.5, 0.6) is 0 Å². The van der Waals surface area contributed by atoms with Crippen LogP contribution in [0, 0.1) is 0 Å². The second kappa shape index (κ2) is 5.72. The lowest BCUT2D eigenvalue weighted by Crippen LogP contribution is -2.08. The number of hydrogen-bond donors (Lipinski definition) is 2. The second-order valence-corrected chi connectivity index (χ2v) is 5.66. The number of nitrogens with one attached hydrogen (secondary N) is 1. The highest BCUT2D eigenvalue weighted by atomic mass is 15.3. The molecule has 0 aliphatic carbocycles. The fraction of sp³-hybridized carbons (Fsp3) is 0.278. The molecule has 2 aromatic carbocycles. The highest BCUT2D eigenvalue weighted by Crippen LogP contribution is 2.30. The zero-order valence-corrected chi connectivity index (χ0v) is 13.3. The maximum atomic E-state index is 6.25. The summed E-state index contributed by atoms with van der Waals surface area (Å²) in [6, 6.07) is 14.7. The first kappa shape index (κ1) is 14.4. The Balaban J connectivity index is 1.97. The van der Waals surface area contributed by atoms with Crippen molar-refractivity contribution in [3.05, 3.63) is 53.7 Å². The van der Waals surface area contributed by atoms with E-state index >= 15 is 0 Å². The van der Waals surface area contributed by atoms with E-state index in [1.165, 1.54) is 5.56 Å². The van der Waals surface area contributed by atoms with Crippen molar-refractivity contribution in [3.63, 3.8) is 0 Å². The molecule has 3 rings (SSSR count).